The Morgan fingerprint density at radius 3 is 3.09 bits per heavy atom. The van der Waals surface area contributed by atoms with Crippen LogP contribution in [0.4, 0.5) is 5.69 Å². The molecule has 1 aromatic rings. The molecule has 1 nitrogen and oxygen atoms in total. The number of rotatable bonds is 0. The first-order valence-corrected chi connectivity index (χ1v) is 6.58. The van der Waals surface area contributed by atoms with E-state index in [4.69, 9.17) is 22.3 Å². The molecule has 0 radical (unpaired) electrons. The number of hydrogen-bond acceptors (Lipinski definition) is 2. The van der Waals surface area contributed by atoms with E-state index in [1.54, 1.807) is 10.8 Å². The highest BCUT2D eigenvalue weighted by molar-refractivity contribution is 8.78. The van der Waals surface area contributed by atoms with Crippen molar-refractivity contribution in [3.05, 3.63) is 23.2 Å². The third-order valence-electron chi connectivity index (χ3n) is 1.25. The summed E-state index contributed by atoms with van der Waals surface area (Å²) in [7, 11) is 6.96. The second-order valence-electron chi connectivity index (χ2n) is 1.99. The SMILES string of the molecule is Clc1ccc2c(c1)N=S(Cl)S2. The maximum atomic E-state index is 5.81. The summed E-state index contributed by atoms with van der Waals surface area (Å²) < 4.78 is 4.18. The van der Waals surface area contributed by atoms with Gasteiger partial charge >= 0.3 is 0 Å². The van der Waals surface area contributed by atoms with Gasteiger partial charge in [-0.2, -0.15) is 0 Å². The van der Waals surface area contributed by atoms with Gasteiger partial charge in [0.1, 0.15) is 0 Å². The lowest BCUT2D eigenvalue weighted by atomic mass is 10.3. The van der Waals surface area contributed by atoms with E-state index in [2.05, 4.69) is 4.36 Å². The van der Waals surface area contributed by atoms with Gasteiger partial charge in [-0.05, 0) is 39.7 Å². The Kier molecular flexibility index (Phi) is 2.14. The van der Waals surface area contributed by atoms with Crippen molar-refractivity contribution < 1.29 is 0 Å². The van der Waals surface area contributed by atoms with Gasteiger partial charge in [-0.25, -0.2) is 4.36 Å². The van der Waals surface area contributed by atoms with Gasteiger partial charge in [0.05, 0.1) is 14.6 Å². The van der Waals surface area contributed by atoms with E-state index >= 15 is 0 Å². The van der Waals surface area contributed by atoms with E-state index in [0.717, 1.165) is 10.6 Å². The average molecular weight is 224 g/mol. The van der Waals surface area contributed by atoms with Crippen LogP contribution in [0.1, 0.15) is 0 Å². The molecule has 1 atom stereocenters. The number of nitrogens with zero attached hydrogens (tertiary/aromatic N) is 1. The van der Waals surface area contributed by atoms with E-state index in [9.17, 15) is 0 Å². The van der Waals surface area contributed by atoms with Gasteiger partial charge in [-0.15, -0.1) is 0 Å². The van der Waals surface area contributed by atoms with Gasteiger partial charge < -0.3 is 0 Å². The second-order valence-corrected chi connectivity index (χ2v) is 6.50. The fourth-order valence-electron chi connectivity index (χ4n) is 0.802. The van der Waals surface area contributed by atoms with Crippen LogP contribution in [0.25, 0.3) is 0 Å². The zero-order chi connectivity index (χ0) is 7.84. The first-order chi connectivity index (χ1) is 5.25. The second kappa shape index (κ2) is 2.98. The fourth-order valence-corrected chi connectivity index (χ4v) is 3.89. The van der Waals surface area contributed by atoms with Crippen LogP contribution in [0, 0.1) is 0 Å². The van der Waals surface area contributed by atoms with Crippen molar-refractivity contribution in [2.24, 2.45) is 4.36 Å². The molecule has 1 aromatic carbocycles. The van der Waals surface area contributed by atoms with Crippen LogP contribution in [0.15, 0.2) is 27.5 Å². The highest BCUT2D eigenvalue weighted by Crippen LogP contribution is 2.43. The van der Waals surface area contributed by atoms with E-state index < -0.39 is 8.94 Å². The average Bonchev–Trinajstić information content (AvgIpc) is 2.27. The van der Waals surface area contributed by atoms with Crippen molar-refractivity contribution in [3.8, 4) is 0 Å². The van der Waals surface area contributed by atoms with Crippen molar-refractivity contribution in [3.63, 3.8) is 0 Å². The van der Waals surface area contributed by atoms with E-state index in [1.165, 1.54) is 0 Å². The maximum absolute atomic E-state index is 5.81. The molecule has 58 valence electrons. The van der Waals surface area contributed by atoms with Gasteiger partial charge in [0.25, 0.3) is 0 Å². The molecule has 0 aliphatic carbocycles. The maximum Gasteiger partial charge on any atom is 0.0886 e. The summed E-state index contributed by atoms with van der Waals surface area (Å²) >= 11 is 5.76. The smallest absolute Gasteiger partial charge is 0.0886 e. The van der Waals surface area contributed by atoms with Crippen LogP contribution >= 0.6 is 33.1 Å². The molecular formula is C6H3Cl2NS2. The van der Waals surface area contributed by atoms with Crippen LogP contribution in [0.5, 0.6) is 0 Å². The number of fused-ring (bicyclic) bond motifs is 1. The van der Waals surface area contributed by atoms with Crippen molar-refractivity contribution in [2.45, 2.75) is 4.90 Å². The lowest BCUT2D eigenvalue weighted by Gasteiger charge is -1.93. The van der Waals surface area contributed by atoms with Crippen molar-refractivity contribution >= 4 is 47.7 Å². The first-order valence-electron chi connectivity index (χ1n) is 2.86. The van der Waals surface area contributed by atoms with E-state index in [-0.39, 0.29) is 0 Å². The minimum absolute atomic E-state index is 0.422. The number of hydrogen-bond donors (Lipinski definition) is 0. The quantitative estimate of drug-likeness (QED) is 0.608. The standard InChI is InChI=1S/C6H3Cl2NS2/c7-4-1-2-6-5(3-4)9-11(8)10-6/h1-3H. The van der Waals surface area contributed by atoms with Gasteiger partial charge in [0.15, 0.2) is 0 Å². The van der Waals surface area contributed by atoms with Crippen LogP contribution in [-0.4, -0.2) is 0 Å². The zero-order valence-electron chi connectivity index (χ0n) is 5.25. The first kappa shape index (κ1) is 7.92. The summed E-state index contributed by atoms with van der Waals surface area (Å²) in [6.45, 7) is 0. The minimum atomic E-state index is -0.422. The Bertz CT molecular complexity index is 337. The third-order valence-corrected chi connectivity index (χ3v) is 4.44. The molecule has 0 spiro atoms. The topological polar surface area (TPSA) is 12.4 Å². The normalized spacial score (nSPS) is 21.1. The van der Waals surface area contributed by atoms with Crippen LogP contribution in [0.2, 0.25) is 5.02 Å². The van der Waals surface area contributed by atoms with Crippen LogP contribution in [-0.2, 0) is 8.94 Å². The summed E-state index contributed by atoms with van der Waals surface area (Å²) in [5.74, 6) is 0. The molecular weight excluding hydrogens is 221 g/mol. The molecule has 0 saturated heterocycles. The fraction of sp³-hybridized carbons (Fsp3) is 0. The summed E-state index contributed by atoms with van der Waals surface area (Å²) in [5.41, 5.74) is 0.917. The molecule has 2 rings (SSSR count). The lowest BCUT2D eigenvalue weighted by molar-refractivity contribution is 1.42. The van der Waals surface area contributed by atoms with Crippen molar-refractivity contribution in [1.82, 2.24) is 0 Å². The number of benzene rings is 1. The monoisotopic (exact) mass is 223 g/mol. The van der Waals surface area contributed by atoms with E-state index in [0.29, 0.717) is 5.02 Å². The molecule has 1 heterocycles. The summed E-state index contributed by atoms with van der Waals surface area (Å²) in [6.07, 6.45) is 0. The Labute approximate surface area is 80.1 Å². The van der Waals surface area contributed by atoms with Crippen molar-refractivity contribution in [1.29, 1.82) is 0 Å². The summed E-state index contributed by atoms with van der Waals surface area (Å²) in [4.78, 5) is 1.12. The highest BCUT2D eigenvalue weighted by Gasteiger charge is 2.12. The number of halogens is 2. The molecule has 5 heteroatoms. The minimum Gasteiger partial charge on any atom is -0.200 e. The lowest BCUT2D eigenvalue weighted by Crippen LogP contribution is -1.66. The molecule has 0 N–H and O–H groups in total. The molecule has 1 aliphatic heterocycles. The third kappa shape index (κ3) is 1.56. The van der Waals surface area contributed by atoms with Crippen LogP contribution in [0.3, 0.4) is 0 Å². The zero-order valence-corrected chi connectivity index (χ0v) is 8.40. The van der Waals surface area contributed by atoms with Crippen LogP contribution < -0.4 is 0 Å². The molecule has 0 amide bonds. The van der Waals surface area contributed by atoms with Gasteiger partial charge in [-0.1, -0.05) is 11.6 Å². The van der Waals surface area contributed by atoms with Gasteiger partial charge in [0.2, 0.25) is 0 Å². The molecule has 1 aliphatic rings. The van der Waals surface area contributed by atoms with Gasteiger partial charge in [0, 0.05) is 9.92 Å². The highest BCUT2D eigenvalue weighted by atomic mass is 35.7. The Morgan fingerprint density at radius 2 is 2.27 bits per heavy atom. The predicted octanol–water partition coefficient (Wildman–Crippen LogP) is 3.95. The molecule has 0 aromatic heterocycles. The summed E-state index contributed by atoms with van der Waals surface area (Å²) in [6, 6.07) is 5.63. The molecule has 0 saturated carbocycles. The Hall–Kier alpha value is 0.300. The van der Waals surface area contributed by atoms with Crippen molar-refractivity contribution in [2.75, 3.05) is 0 Å². The molecule has 1 unspecified atom stereocenters. The largest absolute Gasteiger partial charge is 0.200 e. The Balaban J connectivity index is 2.54. The van der Waals surface area contributed by atoms with E-state index in [1.807, 2.05) is 18.2 Å². The molecule has 0 bridgehead atoms. The predicted molar refractivity (Wildman–Crippen MR) is 52.6 cm³/mol. The molecule has 11 heavy (non-hydrogen) atoms. The molecule has 0 fully saturated rings. The Morgan fingerprint density at radius 1 is 1.45 bits per heavy atom. The van der Waals surface area contributed by atoms with Gasteiger partial charge in [-0.3, -0.25) is 0 Å². The summed E-state index contributed by atoms with van der Waals surface area (Å²) in [5, 5.41) is 0.712.